The Morgan fingerprint density at radius 3 is 2.67 bits per heavy atom. The van der Waals surface area contributed by atoms with Gasteiger partial charge in [-0.25, -0.2) is 0 Å². The van der Waals surface area contributed by atoms with Crippen molar-refractivity contribution in [3.8, 4) is 5.75 Å². The van der Waals surface area contributed by atoms with Gasteiger partial charge in [-0.2, -0.15) is 0 Å². The molecule has 0 saturated carbocycles. The summed E-state index contributed by atoms with van der Waals surface area (Å²) in [6, 6.07) is 5.43. The van der Waals surface area contributed by atoms with Gasteiger partial charge in [-0.05, 0) is 12.1 Å². The van der Waals surface area contributed by atoms with Crippen LogP contribution in [0.15, 0.2) is 18.2 Å². The van der Waals surface area contributed by atoms with Crippen LogP contribution in [0.2, 0.25) is 9.36 Å². The Hall–Kier alpha value is -0.440. The third kappa shape index (κ3) is 1.07. The van der Waals surface area contributed by atoms with Crippen LogP contribution in [0.25, 0.3) is 10.1 Å². The first-order valence-electron chi connectivity index (χ1n) is 3.25. The summed E-state index contributed by atoms with van der Waals surface area (Å²) in [6.07, 6.45) is 0. The molecule has 0 aliphatic rings. The number of benzene rings is 1. The molecule has 0 aliphatic carbocycles. The Balaban J connectivity index is 2.97. The molecule has 0 radical (unpaired) electrons. The Morgan fingerprint density at radius 2 is 2.00 bits per heavy atom. The highest BCUT2D eigenvalue weighted by atomic mass is 35.5. The molecule has 1 aromatic carbocycles. The molecule has 0 atom stereocenters. The van der Waals surface area contributed by atoms with Crippen molar-refractivity contribution in [2.45, 2.75) is 0 Å². The van der Waals surface area contributed by atoms with Gasteiger partial charge in [0, 0.05) is 4.70 Å². The summed E-state index contributed by atoms with van der Waals surface area (Å²) >= 11 is 12.9. The standard InChI is InChI=1S/C8H4Cl2OS/c9-4-2-1-3-5-6(4)7(11)8(10)12-5/h1-3,11H. The van der Waals surface area contributed by atoms with Gasteiger partial charge in [-0.3, -0.25) is 0 Å². The van der Waals surface area contributed by atoms with Crippen molar-refractivity contribution in [3.63, 3.8) is 0 Å². The molecule has 2 aromatic rings. The predicted octanol–water partition coefficient (Wildman–Crippen LogP) is 3.91. The summed E-state index contributed by atoms with van der Waals surface area (Å²) in [7, 11) is 0. The van der Waals surface area contributed by atoms with E-state index >= 15 is 0 Å². The minimum atomic E-state index is 0.0854. The summed E-state index contributed by atoms with van der Waals surface area (Å²) in [6.45, 7) is 0. The van der Waals surface area contributed by atoms with E-state index in [1.807, 2.05) is 12.1 Å². The molecule has 1 N–H and O–H groups in total. The molecule has 62 valence electrons. The molecule has 0 bridgehead atoms. The van der Waals surface area contributed by atoms with Gasteiger partial charge in [0.2, 0.25) is 0 Å². The van der Waals surface area contributed by atoms with Crippen molar-refractivity contribution in [1.82, 2.24) is 0 Å². The molecule has 0 saturated heterocycles. The molecule has 1 aromatic heterocycles. The second kappa shape index (κ2) is 2.80. The van der Waals surface area contributed by atoms with Crippen LogP contribution in [0.3, 0.4) is 0 Å². The maximum absolute atomic E-state index is 9.47. The van der Waals surface area contributed by atoms with E-state index in [0.717, 1.165) is 4.70 Å². The van der Waals surface area contributed by atoms with E-state index in [9.17, 15) is 5.11 Å². The number of hydrogen-bond donors (Lipinski definition) is 1. The first-order valence-corrected chi connectivity index (χ1v) is 4.83. The normalized spacial score (nSPS) is 10.8. The molecule has 12 heavy (non-hydrogen) atoms. The first-order chi connectivity index (χ1) is 5.70. The third-order valence-corrected chi connectivity index (χ3v) is 3.26. The van der Waals surface area contributed by atoms with Crippen LogP contribution >= 0.6 is 34.5 Å². The lowest BCUT2D eigenvalue weighted by Crippen LogP contribution is -1.65. The molecule has 1 nitrogen and oxygen atoms in total. The highest BCUT2D eigenvalue weighted by Gasteiger charge is 2.11. The van der Waals surface area contributed by atoms with Crippen LogP contribution in [0, 0.1) is 0 Å². The Morgan fingerprint density at radius 1 is 1.25 bits per heavy atom. The van der Waals surface area contributed by atoms with Crippen LogP contribution in [0.5, 0.6) is 5.75 Å². The van der Waals surface area contributed by atoms with E-state index in [0.29, 0.717) is 14.7 Å². The van der Waals surface area contributed by atoms with Gasteiger partial charge in [0.1, 0.15) is 4.34 Å². The number of rotatable bonds is 0. The van der Waals surface area contributed by atoms with Crippen LogP contribution in [0.1, 0.15) is 0 Å². The summed E-state index contributed by atoms with van der Waals surface area (Å²) in [4.78, 5) is 0. The molecule has 0 fully saturated rings. The van der Waals surface area contributed by atoms with E-state index in [4.69, 9.17) is 23.2 Å². The van der Waals surface area contributed by atoms with Crippen LogP contribution < -0.4 is 0 Å². The van der Waals surface area contributed by atoms with Gasteiger partial charge >= 0.3 is 0 Å². The molecule has 1 heterocycles. The molecular formula is C8H4Cl2OS. The Bertz CT molecular complexity index is 436. The minimum absolute atomic E-state index is 0.0854. The van der Waals surface area contributed by atoms with E-state index in [1.165, 1.54) is 11.3 Å². The Labute approximate surface area is 83.2 Å². The van der Waals surface area contributed by atoms with Crippen molar-refractivity contribution < 1.29 is 5.11 Å². The number of hydrogen-bond acceptors (Lipinski definition) is 2. The third-order valence-electron chi connectivity index (χ3n) is 1.60. The average Bonchev–Trinajstić information content (AvgIpc) is 2.29. The van der Waals surface area contributed by atoms with E-state index in [-0.39, 0.29) is 5.75 Å². The minimum Gasteiger partial charge on any atom is -0.505 e. The fourth-order valence-electron chi connectivity index (χ4n) is 1.06. The molecular weight excluding hydrogens is 215 g/mol. The van der Waals surface area contributed by atoms with Crippen LogP contribution in [-0.2, 0) is 0 Å². The zero-order chi connectivity index (χ0) is 8.72. The number of aromatic hydroxyl groups is 1. The van der Waals surface area contributed by atoms with E-state index < -0.39 is 0 Å². The highest BCUT2D eigenvalue weighted by molar-refractivity contribution is 7.23. The van der Waals surface area contributed by atoms with Crippen molar-refractivity contribution >= 4 is 44.6 Å². The van der Waals surface area contributed by atoms with Crippen molar-refractivity contribution in [2.24, 2.45) is 0 Å². The predicted molar refractivity (Wildman–Crippen MR) is 53.5 cm³/mol. The summed E-state index contributed by atoms with van der Waals surface area (Å²) in [5.41, 5.74) is 0. The quantitative estimate of drug-likeness (QED) is 0.711. The monoisotopic (exact) mass is 218 g/mol. The zero-order valence-corrected chi connectivity index (χ0v) is 8.17. The smallest absolute Gasteiger partial charge is 0.154 e. The Kier molecular flexibility index (Phi) is 1.91. The zero-order valence-electron chi connectivity index (χ0n) is 5.84. The van der Waals surface area contributed by atoms with Gasteiger partial charge in [-0.1, -0.05) is 29.3 Å². The number of thiophene rings is 1. The molecule has 0 unspecified atom stereocenters. The molecule has 0 aliphatic heterocycles. The van der Waals surface area contributed by atoms with E-state index in [1.54, 1.807) is 6.07 Å². The summed E-state index contributed by atoms with van der Waals surface area (Å²) in [5, 5.41) is 10.7. The maximum atomic E-state index is 9.47. The fraction of sp³-hybridized carbons (Fsp3) is 0. The van der Waals surface area contributed by atoms with Gasteiger partial charge in [-0.15, -0.1) is 11.3 Å². The molecule has 4 heteroatoms. The summed E-state index contributed by atoms with van der Waals surface area (Å²) < 4.78 is 1.29. The summed E-state index contributed by atoms with van der Waals surface area (Å²) in [5.74, 6) is 0.0854. The topological polar surface area (TPSA) is 20.2 Å². The first kappa shape index (κ1) is 8.17. The second-order valence-corrected chi connectivity index (χ2v) is 4.40. The van der Waals surface area contributed by atoms with E-state index in [2.05, 4.69) is 0 Å². The van der Waals surface area contributed by atoms with Gasteiger partial charge < -0.3 is 5.11 Å². The van der Waals surface area contributed by atoms with Crippen molar-refractivity contribution in [1.29, 1.82) is 0 Å². The molecule has 0 spiro atoms. The van der Waals surface area contributed by atoms with Gasteiger partial charge in [0.15, 0.2) is 5.75 Å². The largest absolute Gasteiger partial charge is 0.505 e. The molecule has 2 rings (SSSR count). The second-order valence-electron chi connectivity index (χ2n) is 2.34. The van der Waals surface area contributed by atoms with Crippen molar-refractivity contribution in [3.05, 3.63) is 27.6 Å². The van der Waals surface area contributed by atoms with Crippen molar-refractivity contribution in [2.75, 3.05) is 0 Å². The highest BCUT2D eigenvalue weighted by Crippen LogP contribution is 2.43. The van der Waals surface area contributed by atoms with Crippen LogP contribution in [-0.4, -0.2) is 5.11 Å². The average molecular weight is 219 g/mol. The fourth-order valence-corrected chi connectivity index (χ4v) is 2.57. The van der Waals surface area contributed by atoms with Gasteiger partial charge in [0.05, 0.1) is 10.4 Å². The lowest BCUT2D eigenvalue weighted by molar-refractivity contribution is 0.484. The van der Waals surface area contributed by atoms with Gasteiger partial charge in [0.25, 0.3) is 0 Å². The lowest BCUT2D eigenvalue weighted by Gasteiger charge is -1.92. The molecule has 0 amide bonds. The maximum Gasteiger partial charge on any atom is 0.154 e. The number of fused-ring (bicyclic) bond motifs is 1. The SMILES string of the molecule is Oc1c(Cl)sc2cccc(Cl)c12. The number of halogens is 2. The van der Waals surface area contributed by atoms with Crippen LogP contribution in [0.4, 0.5) is 0 Å². The lowest BCUT2D eigenvalue weighted by atomic mass is 10.2.